The lowest BCUT2D eigenvalue weighted by atomic mass is 10.1. The van der Waals surface area contributed by atoms with Crippen molar-refractivity contribution in [1.29, 1.82) is 0 Å². The van der Waals surface area contributed by atoms with Crippen LogP contribution in [-0.2, 0) is 11.3 Å². The van der Waals surface area contributed by atoms with Crippen molar-refractivity contribution in [2.45, 2.75) is 44.7 Å². The predicted molar refractivity (Wildman–Crippen MR) is 92.8 cm³/mol. The van der Waals surface area contributed by atoms with Gasteiger partial charge in [-0.1, -0.05) is 5.21 Å². The number of aryl methyl sites for hydroxylation is 1. The third-order valence-corrected chi connectivity index (χ3v) is 5.14. The van der Waals surface area contributed by atoms with Crippen LogP contribution in [0.2, 0.25) is 0 Å². The number of aromatic nitrogens is 5. The van der Waals surface area contributed by atoms with Gasteiger partial charge in [0.15, 0.2) is 5.82 Å². The Morgan fingerprint density at radius 2 is 2.12 bits per heavy atom. The van der Waals surface area contributed by atoms with Crippen LogP contribution in [-0.4, -0.2) is 61.5 Å². The molecule has 0 bridgehead atoms. The molecule has 2 aliphatic rings. The summed E-state index contributed by atoms with van der Waals surface area (Å²) in [5.41, 5.74) is 0.820. The zero-order valence-corrected chi connectivity index (χ0v) is 14.5. The molecule has 2 fully saturated rings. The highest BCUT2D eigenvalue weighted by Crippen LogP contribution is 2.21. The summed E-state index contributed by atoms with van der Waals surface area (Å²) in [6.45, 7) is 4.62. The van der Waals surface area contributed by atoms with Crippen molar-refractivity contribution in [3.05, 3.63) is 18.6 Å². The average molecular weight is 343 g/mol. The normalized spacial score (nSPS) is 19.0. The van der Waals surface area contributed by atoms with E-state index in [0.29, 0.717) is 12.5 Å². The maximum Gasteiger partial charge on any atom is 0.222 e. The maximum atomic E-state index is 11.7. The van der Waals surface area contributed by atoms with Gasteiger partial charge in [0.1, 0.15) is 5.69 Å². The van der Waals surface area contributed by atoms with Crippen molar-refractivity contribution < 1.29 is 4.79 Å². The summed E-state index contributed by atoms with van der Waals surface area (Å²) < 4.78 is 4.09. The molecule has 2 aromatic heterocycles. The molecule has 8 heteroatoms. The first-order valence-corrected chi connectivity index (χ1v) is 9.23. The SMILES string of the molecule is O=C1CCCN1CCCn1ccnc1-c1cn(C2CCNCC2)nn1. The fraction of sp³-hybridized carbons (Fsp3) is 0.647. The molecular weight excluding hydrogens is 318 g/mol. The van der Waals surface area contributed by atoms with Gasteiger partial charge in [-0.2, -0.15) is 0 Å². The Bertz CT molecular complexity index is 716. The van der Waals surface area contributed by atoms with Crippen LogP contribution in [0.15, 0.2) is 18.6 Å². The molecule has 1 amide bonds. The van der Waals surface area contributed by atoms with E-state index in [2.05, 4.69) is 25.2 Å². The van der Waals surface area contributed by atoms with Crippen LogP contribution in [0.4, 0.5) is 0 Å². The van der Waals surface area contributed by atoms with Crippen molar-refractivity contribution in [2.24, 2.45) is 0 Å². The molecule has 0 unspecified atom stereocenters. The zero-order chi connectivity index (χ0) is 17.1. The molecule has 4 rings (SSSR count). The Balaban J connectivity index is 1.39. The van der Waals surface area contributed by atoms with E-state index in [9.17, 15) is 4.79 Å². The Morgan fingerprint density at radius 3 is 2.92 bits per heavy atom. The molecule has 2 aliphatic heterocycles. The van der Waals surface area contributed by atoms with Gasteiger partial charge in [0.25, 0.3) is 0 Å². The fourth-order valence-corrected chi connectivity index (χ4v) is 3.72. The van der Waals surface area contributed by atoms with Gasteiger partial charge in [-0.3, -0.25) is 4.79 Å². The van der Waals surface area contributed by atoms with Gasteiger partial charge in [0.2, 0.25) is 5.91 Å². The van der Waals surface area contributed by atoms with E-state index < -0.39 is 0 Å². The zero-order valence-electron chi connectivity index (χ0n) is 14.5. The van der Waals surface area contributed by atoms with Gasteiger partial charge in [0.05, 0.1) is 12.2 Å². The van der Waals surface area contributed by atoms with Gasteiger partial charge in [-0.15, -0.1) is 5.10 Å². The van der Waals surface area contributed by atoms with Crippen molar-refractivity contribution in [3.63, 3.8) is 0 Å². The molecule has 0 aliphatic carbocycles. The first-order valence-electron chi connectivity index (χ1n) is 9.23. The number of carbonyl (C=O) groups is 1. The maximum absolute atomic E-state index is 11.7. The van der Waals surface area contributed by atoms with E-state index in [1.165, 1.54) is 0 Å². The Morgan fingerprint density at radius 1 is 1.24 bits per heavy atom. The Hall–Kier alpha value is -2.22. The second-order valence-electron chi connectivity index (χ2n) is 6.85. The molecular formula is C17H25N7O. The molecule has 0 saturated carbocycles. The van der Waals surface area contributed by atoms with Crippen LogP contribution >= 0.6 is 0 Å². The first kappa shape index (κ1) is 16.3. The Labute approximate surface area is 147 Å². The third-order valence-electron chi connectivity index (χ3n) is 5.14. The molecule has 0 atom stereocenters. The van der Waals surface area contributed by atoms with Gasteiger partial charge < -0.3 is 14.8 Å². The number of carbonyl (C=O) groups excluding carboxylic acids is 1. The fourth-order valence-electron chi connectivity index (χ4n) is 3.72. The average Bonchev–Trinajstić information content (AvgIpc) is 3.37. The van der Waals surface area contributed by atoms with Crippen LogP contribution < -0.4 is 5.32 Å². The van der Waals surface area contributed by atoms with E-state index in [1.807, 2.05) is 22.0 Å². The number of hydrogen-bond donors (Lipinski definition) is 1. The highest BCUT2D eigenvalue weighted by Gasteiger charge is 2.20. The summed E-state index contributed by atoms with van der Waals surface area (Å²) >= 11 is 0. The van der Waals surface area contributed by atoms with Crippen LogP contribution in [0.5, 0.6) is 0 Å². The minimum Gasteiger partial charge on any atom is -0.343 e. The number of imidazole rings is 1. The van der Waals surface area contributed by atoms with Crippen molar-refractivity contribution >= 4 is 5.91 Å². The standard InChI is InChI=1S/C17H25N7O/c25-16-3-1-9-22(16)10-2-11-23-12-8-19-17(23)15-13-24(21-20-15)14-4-6-18-7-5-14/h8,12-14,18H,1-7,9-11H2. The largest absolute Gasteiger partial charge is 0.343 e. The molecule has 0 spiro atoms. The molecule has 2 saturated heterocycles. The smallest absolute Gasteiger partial charge is 0.222 e. The minimum absolute atomic E-state index is 0.288. The van der Waals surface area contributed by atoms with Gasteiger partial charge >= 0.3 is 0 Å². The molecule has 2 aromatic rings. The molecule has 134 valence electrons. The van der Waals surface area contributed by atoms with E-state index in [4.69, 9.17) is 0 Å². The molecule has 1 N–H and O–H groups in total. The van der Waals surface area contributed by atoms with Crippen molar-refractivity contribution in [2.75, 3.05) is 26.2 Å². The second-order valence-corrected chi connectivity index (χ2v) is 6.85. The topological polar surface area (TPSA) is 80.9 Å². The summed E-state index contributed by atoms with van der Waals surface area (Å²) in [5.74, 6) is 1.14. The lowest BCUT2D eigenvalue weighted by molar-refractivity contribution is -0.127. The van der Waals surface area contributed by atoms with Crippen molar-refractivity contribution in [1.82, 2.24) is 34.8 Å². The number of nitrogens with zero attached hydrogens (tertiary/aromatic N) is 6. The predicted octanol–water partition coefficient (Wildman–Crippen LogP) is 1.08. The first-order chi connectivity index (χ1) is 12.3. The van der Waals surface area contributed by atoms with Gasteiger partial charge in [-0.25, -0.2) is 9.67 Å². The molecule has 0 radical (unpaired) electrons. The summed E-state index contributed by atoms with van der Waals surface area (Å²) in [6, 6.07) is 0.423. The van der Waals surface area contributed by atoms with Crippen LogP contribution in [0.25, 0.3) is 11.5 Å². The van der Waals surface area contributed by atoms with E-state index in [0.717, 1.165) is 69.9 Å². The lowest BCUT2D eigenvalue weighted by Gasteiger charge is -2.22. The third kappa shape index (κ3) is 3.58. The number of amides is 1. The number of likely N-dealkylation sites (tertiary alicyclic amines) is 1. The molecule has 0 aromatic carbocycles. The van der Waals surface area contributed by atoms with Crippen LogP contribution in [0.1, 0.15) is 38.1 Å². The minimum atomic E-state index is 0.288. The quantitative estimate of drug-likeness (QED) is 0.849. The lowest BCUT2D eigenvalue weighted by Crippen LogP contribution is -2.29. The van der Waals surface area contributed by atoms with E-state index in [1.54, 1.807) is 6.20 Å². The summed E-state index contributed by atoms with van der Waals surface area (Å²) in [6.07, 6.45) is 10.6. The molecule has 25 heavy (non-hydrogen) atoms. The van der Waals surface area contributed by atoms with Gasteiger partial charge in [-0.05, 0) is 38.8 Å². The second kappa shape index (κ2) is 7.35. The highest BCUT2D eigenvalue weighted by molar-refractivity contribution is 5.77. The summed E-state index contributed by atoms with van der Waals surface area (Å²) in [7, 11) is 0. The van der Waals surface area contributed by atoms with Crippen molar-refractivity contribution in [3.8, 4) is 11.5 Å². The number of hydrogen-bond acceptors (Lipinski definition) is 5. The Kier molecular flexibility index (Phi) is 4.78. The monoisotopic (exact) mass is 343 g/mol. The summed E-state index contributed by atoms with van der Waals surface area (Å²) in [4.78, 5) is 18.1. The van der Waals surface area contributed by atoms with E-state index in [-0.39, 0.29) is 5.91 Å². The van der Waals surface area contributed by atoms with E-state index >= 15 is 0 Å². The van der Waals surface area contributed by atoms with Gasteiger partial charge in [0, 0.05) is 38.4 Å². The number of piperidine rings is 1. The molecule has 8 nitrogen and oxygen atoms in total. The van der Waals surface area contributed by atoms with Crippen LogP contribution in [0, 0.1) is 0 Å². The molecule has 4 heterocycles. The van der Waals surface area contributed by atoms with Crippen LogP contribution in [0.3, 0.4) is 0 Å². The summed E-state index contributed by atoms with van der Waals surface area (Å²) in [5, 5.41) is 12.0. The highest BCUT2D eigenvalue weighted by atomic mass is 16.2. The number of nitrogens with one attached hydrogen (secondary N) is 1. The number of rotatable bonds is 6.